The van der Waals surface area contributed by atoms with Gasteiger partial charge in [-0.3, -0.25) is 0 Å². The summed E-state index contributed by atoms with van der Waals surface area (Å²) >= 11 is 0. The molecule has 0 atom stereocenters. The molecular weight excluding hydrogens is 343 g/mol. The minimum atomic E-state index is -0.522. The van der Waals surface area contributed by atoms with Crippen molar-refractivity contribution in [1.29, 1.82) is 0 Å². The number of fused-ring (bicyclic) bond motifs is 4. The van der Waals surface area contributed by atoms with Crippen molar-refractivity contribution < 1.29 is 13.9 Å². The highest BCUT2D eigenvalue weighted by atomic mass is 19.1. The number of benzene rings is 3. The Morgan fingerprint density at radius 3 is 2.74 bits per heavy atom. The van der Waals surface area contributed by atoms with Crippen LogP contribution in [0.4, 0.5) is 4.39 Å². The largest absolute Gasteiger partial charge is 0.507 e. The standard InChI is InChI=1S/C22H17FN2O2/c1-3-25-16-7-5-4-6-13(16)14-11-17(26)19(20(23)21(14)25)22-24-15-9-8-12(2)10-18(15)27-22/h4-11,26H,3H2,1-2H3. The van der Waals surface area contributed by atoms with E-state index in [0.717, 1.165) is 16.5 Å². The first-order chi connectivity index (χ1) is 13.1. The summed E-state index contributed by atoms with van der Waals surface area (Å²) in [5.41, 5.74) is 3.60. The average Bonchev–Trinajstić information content (AvgIpc) is 3.20. The number of halogens is 1. The van der Waals surface area contributed by atoms with Crippen molar-refractivity contribution in [3.05, 3.63) is 59.9 Å². The van der Waals surface area contributed by atoms with Crippen molar-refractivity contribution in [2.75, 3.05) is 0 Å². The van der Waals surface area contributed by atoms with Crippen LogP contribution in [0.25, 0.3) is 44.4 Å². The second-order valence-electron chi connectivity index (χ2n) is 6.73. The number of para-hydroxylation sites is 1. The molecule has 2 heterocycles. The Morgan fingerprint density at radius 1 is 1.11 bits per heavy atom. The first-order valence-electron chi connectivity index (χ1n) is 8.88. The van der Waals surface area contributed by atoms with Gasteiger partial charge in [0.15, 0.2) is 11.4 Å². The fourth-order valence-electron chi connectivity index (χ4n) is 3.82. The second kappa shape index (κ2) is 5.58. The molecule has 0 fully saturated rings. The summed E-state index contributed by atoms with van der Waals surface area (Å²) in [6.45, 7) is 4.53. The molecule has 1 N–H and O–H groups in total. The number of oxazole rings is 1. The highest BCUT2D eigenvalue weighted by Crippen LogP contribution is 2.41. The van der Waals surface area contributed by atoms with Crippen molar-refractivity contribution in [2.45, 2.75) is 20.4 Å². The Hall–Kier alpha value is -3.34. The van der Waals surface area contributed by atoms with Gasteiger partial charge in [-0.05, 0) is 43.7 Å². The van der Waals surface area contributed by atoms with Crippen molar-refractivity contribution in [1.82, 2.24) is 9.55 Å². The quantitative estimate of drug-likeness (QED) is 0.434. The molecule has 3 aromatic carbocycles. The van der Waals surface area contributed by atoms with Gasteiger partial charge in [-0.15, -0.1) is 0 Å². The fourth-order valence-corrected chi connectivity index (χ4v) is 3.82. The highest BCUT2D eigenvalue weighted by Gasteiger charge is 2.24. The minimum Gasteiger partial charge on any atom is -0.507 e. The van der Waals surface area contributed by atoms with Gasteiger partial charge < -0.3 is 14.1 Å². The molecule has 0 spiro atoms. The van der Waals surface area contributed by atoms with Gasteiger partial charge in [0, 0.05) is 22.8 Å². The van der Waals surface area contributed by atoms with Crippen LogP contribution < -0.4 is 0 Å². The first-order valence-corrected chi connectivity index (χ1v) is 8.88. The van der Waals surface area contributed by atoms with Gasteiger partial charge in [0.05, 0.1) is 5.52 Å². The van der Waals surface area contributed by atoms with Crippen LogP contribution in [-0.4, -0.2) is 14.7 Å². The van der Waals surface area contributed by atoms with Gasteiger partial charge in [0.25, 0.3) is 0 Å². The number of phenols is 1. The van der Waals surface area contributed by atoms with Gasteiger partial charge in [0.1, 0.15) is 16.8 Å². The van der Waals surface area contributed by atoms with Crippen molar-refractivity contribution in [3.8, 4) is 17.2 Å². The Labute approximate surface area is 154 Å². The molecule has 2 aromatic heterocycles. The van der Waals surface area contributed by atoms with Crippen LogP contribution in [0.3, 0.4) is 0 Å². The van der Waals surface area contributed by atoms with Gasteiger partial charge in [0.2, 0.25) is 5.89 Å². The molecule has 0 aliphatic carbocycles. The van der Waals surface area contributed by atoms with E-state index < -0.39 is 5.82 Å². The van der Waals surface area contributed by atoms with E-state index in [9.17, 15) is 5.11 Å². The molecule has 0 radical (unpaired) electrons. The van der Waals surface area contributed by atoms with E-state index in [1.54, 1.807) is 6.07 Å². The monoisotopic (exact) mass is 360 g/mol. The van der Waals surface area contributed by atoms with E-state index in [1.807, 2.05) is 60.9 Å². The third kappa shape index (κ3) is 2.18. The number of aromatic nitrogens is 2. The Kier molecular flexibility index (Phi) is 3.28. The van der Waals surface area contributed by atoms with Crippen LogP contribution in [-0.2, 0) is 6.54 Å². The van der Waals surface area contributed by atoms with Crippen molar-refractivity contribution >= 4 is 32.9 Å². The van der Waals surface area contributed by atoms with Crippen molar-refractivity contribution in [3.63, 3.8) is 0 Å². The number of rotatable bonds is 2. The molecule has 5 rings (SSSR count). The molecule has 5 aromatic rings. The molecule has 0 bridgehead atoms. The summed E-state index contributed by atoms with van der Waals surface area (Å²) < 4.78 is 23.3. The second-order valence-corrected chi connectivity index (χ2v) is 6.73. The lowest BCUT2D eigenvalue weighted by molar-refractivity contribution is 0.469. The third-order valence-electron chi connectivity index (χ3n) is 5.05. The lowest BCUT2D eigenvalue weighted by atomic mass is 10.1. The molecule has 0 aliphatic rings. The smallest absolute Gasteiger partial charge is 0.234 e. The Morgan fingerprint density at radius 2 is 1.93 bits per heavy atom. The maximum absolute atomic E-state index is 15.6. The van der Waals surface area contributed by atoms with E-state index in [0.29, 0.717) is 28.5 Å². The number of phenolic OH excluding ortho intramolecular Hbond substituents is 1. The maximum atomic E-state index is 15.6. The average molecular weight is 360 g/mol. The van der Waals surface area contributed by atoms with Crippen molar-refractivity contribution in [2.24, 2.45) is 0 Å². The van der Waals surface area contributed by atoms with E-state index in [4.69, 9.17) is 4.42 Å². The molecule has 4 nitrogen and oxygen atoms in total. The molecule has 0 aliphatic heterocycles. The molecular formula is C22H17FN2O2. The SMILES string of the molecule is CCn1c2ccccc2c2cc(O)c(-c3nc4ccc(C)cc4o3)c(F)c21. The maximum Gasteiger partial charge on any atom is 0.234 e. The molecule has 0 saturated heterocycles. The van der Waals surface area contributed by atoms with Crippen LogP contribution >= 0.6 is 0 Å². The summed E-state index contributed by atoms with van der Waals surface area (Å²) in [4.78, 5) is 4.39. The summed E-state index contributed by atoms with van der Waals surface area (Å²) in [6, 6.07) is 14.9. The summed E-state index contributed by atoms with van der Waals surface area (Å²) in [5, 5.41) is 12.2. The molecule has 5 heteroatoms. The predicted octanol–water partition coefficient (Wildman–Crippen LogP) is 5.78. The number of nitrogens with zero attached hydrogens (tertiary/aromatic N) is 2. The van der Waals surface area contributed by atoms with E-state index in [2.05, 4.69) is 4.98 Å². The van der Waals surface area contributed by atoms with Crippen LogP contribution in [0.1, 0.15) is 12.5 Å². The molecule has 0 amide bonds. The van der Waals surface area contributed by atoms with Gasteiger partial charge in [-0.25, -0.2) is 9.37 Å². The Bertz CT molecular complexity index is 1350. The van der Waals surface area contributed by atoms with E-state index in [-0.39, 0.29) is 17.2 Å². The lowest BCUT2D eigenvalue weighted by Crippen LogP contribution is -1.97. The summed E-state index contributed by atoms with van der Waals surface area (Å²) in [7, 11) is 0. The first kappa shape index (κ1) is 15.9. The highest BCUT2D eigenvalue weighted by molar-refractivity contribution is 6.10. The molecule has 0 unspecified atom stereocenters. The number of hydrogen-bond donors (Lipinski definition) is 1. The number of hydrogen-bond acceptors (Lipinski definition) is 3. The minimum absolute atomic E-state index is 0.00569. The number of aryl methyl sites for hydroxylation is 2. The Balaban J connectivity index is 1.88. The normalized spacial score (nSPS) is 11.8. The summed E-state index contributed by atoms with van der Waals surface area (Å²) in [6.07, 6.45) is 0. The zero-order chi connectivity index (χ0) is 18.7. The van der Waals surface area contributed by atoms with Crippen LogP contribution in [0, 0.1) is 12.7 Å². The zero-order valence-corrected chi connectivity index (χ0v) is 15.0. The van der Waals surface area contributed by atoms with Gasteiger partial charge >= 0.3 is 0 Å². The topological polar surface area (TPSA) is 51.2 Å². The lowest BCUT2D eigenvalue weighted by Gasteiger charge is -2.07. The van der Waals surface area contributed by atoms with Gasteiger partial charge in [-0.2, -0.15) is 0 Å². The van der Waals surface area contributed by atoms with E-state index >= 15 is 4.39 Å². The third-order valence-corrected chi connectivity index (χ3v) is 5.05. The van der Waals surface area contributed by atoms with Crippen LogP contribution in [0.5, 0.6) is 5.75 Å². The molecule has 134 valence electrons. The van der Waals surface area contributed by atoms with Crippen LogP contribution in [0.2, 0.25) is 0 Å². The molecule has 27 heavy (non-hydrogen) atoms. The molecule has 0 saturated carbocycles. The zero-order valence-electron chi connectivity index (χ0n) is 15.0. The van der Waals surface area contributed by atoms with Crippen LogP contribution in [0.15, 0.2) is 52.9 Å². The van der Waals surface area contributed by atoms with Gasteiger partial charge in [-0.1, -0.05) is 24.3 Å². The fraction of sp³-hybridized carbons (Fsp3) is 0.136. The predicted molar refractivity (Wildman–Crippen MR) is 104 cm³/mol. The summed E-state index contributed by atoms with van der Waals surface area (Å²) in [5.74, 6) is -0.617. The van der Waals surface area contributed by atoms with E-state index in [1.165, 1.54) is 0 Å². The number of aromatic hydroxyl groups is 1.